The van der Waals surface area contributed by atoms with E-state index in [1.165, 1.54) is 30.2 Å². The van der Waals surface area contributed by atoms with E-state index in [1.807, 2.05) is 36.6 Å². The Labute approximate surface area is 243 Å². The minimum Gasteiger partial charge on any atom is -0.493 e. The Kier molecular flexibility index (Phi) is 11.9. The van der Waals surface area contributed by atoms with E-state index in [9.17, 15) is 19.7 Å². The van der Waals surface area contributed by atoms with Crippen LogP contribution in [0.5, 0.6) is 11.5 Å². The van der Waals surface area contributed by atoms with Crippen molar-refractivity contribution in [3.8, 4) is 11.5 Å². The summed E-state index contributed by atoms with van der Waals surface area (Å²) in [5.74, 6) is 0.702. The molecule has 2 aromatic carbocycles. The number of nitrogens with zero attached hydrogens (tertiary/aromatic N) is 3. The van der Waals surface area contributed by atoms with Gasteiger partial charge >= 0.3 is 0 Å². The number of carbonyl (C=O) groups excluding carboxylic acids is 2. The predicted octanol–water partition coefficient (Wildman–Crippen LogP) is 4.74. The van der Waals surface area contributed by atoms with Crippen molar-refractivity contribution in [2.75, 3.05) is 47.6 Å². The zero-order chi connectivity index (χ0) is 29.8. The molecule has 0 atom stereocenters. The van der Waals surface area contributed by atoms with E-state index in [0.29, 0.717) is 36.6 Å². The fraction of sp³-hybridized carbons (Fsp3) is 0.333. The van der Waals surface area contributed by atoms with Crippen molar-refractivity contribution in [3.63, 3.8) is 0 Å². The molecule has 0 aliphatic carbocycles. The van der Waals surface area contributed by atoms with Gasteiger partial charge in [-0.1, -0.05) is 6.07 Å². The molecule has 1 aromatic heterocycles. The van der Waals surface area contributed by atoms with Crippen LogP contribution >= 0.6 is 11.3 Å². The van der Waals surface area contributed by atoms with E-state index in [4.69, 9.17) is 14.2 Å². The summed E-state index contributed by atoms with van der Waals surface area (Å²) in [6, 6.07) is 13.6. The Morgan fingerprint density at radius 1 is 0.976 bits per heavy atom. The van der Waals surface area contributed by atoms with Crippen LogP contribution in [0.1, 0.15) is 21.6 Å². The van der Waals surface area contributed by atoms with Gasteiger partial charge in [-0.2, -0.15) is 0 Å². The van der Waals surface area contributed by atoms with Gasteiger partial charge in [-0.05, 0) is 71.8 Å². The highest BCUT2D eigenvalue weighted by molar-refractivity contribution is 7.10. The highest BCUT2D eigenvalue weighted by atomic mass is 32.1. The molecule has 218 valence electrons. The van der Waals surface area contributed by atoms with Crippen LogP contribution < -0.4 is 9.47 Å². The second-order valence-electron chi connectivity index (χ2n) is 9.22. The number of ether oxygens (including phenoxy) is 3. The highest BCUT2D eigenvalue weighted by Crippen LogP contribution is 2.28. The van der Waals surface area contributed by atoms with E-state index in [0.717, 1.165) is 16.0 Å². The number of benzene rings is 2. The van der Waals surface area contributed by atoms with Crippen molar-refractivity contribution in [3.05, 3.63) is 91.7 Å². The molecule has 3 aromatic rings. The summed E-state index contributed by atoms with van der Waals surface area (Å²) in [5.41, 5.74) is 2.69. The van der Waals surface area contributed by atoms with Gasteiger partial charge in [0, 0.05) is 43.3 Å². The monoisotopic (exact) mass is 581 g/mol. The van der Waals surface area contributed by atoms with Crippen molar-refractivity contribution in [1.82, 2.24) is 9.80 Å². The number of non-ortho nitro benzene ring substituents is 1. The van der Waals surface area contributed by atoms with Crippen molar-refractivity contribution < 1.29 is 28.7 Å². The van der Waals surface area contributed by atoms with Gasteiger partial charge in [0.2, 0.25) is 11.8 Å². The Bertz CT molecular complexity index is 1350. The van der Waals surface area contributed by atoms with Crippen LogP contribution in [0.3, 0.4) is 0 Å². The number of aryl methyl sites for hydroxylation is 1. The molecule has 3 rings (SSSR count). The molecular formula is C30H35N3O7S. The third-order valence-corrected chi connectivity index (χ3v) is 7.51. The molecule has 0 bridgehead atoms. The fourth-order valence-electron chi connectivity index (χ4n) is 4.04. The maximum absolute atomic E-state index is 13.6. The third-order valence-electron chi connectivity index (χ3n) is 6.50. The first-order valence-electron chi connectivity index (χ1n) is 13.0. The molecule has 11 heteroatoms. The predicted molar refractivity (Wildman–Crippen MR) is 158 cm³/mol. The zero-order valence-corrected chi connectivity index (χ0v) is 24.5. The average Bonchev–Trinajstić information content (AvgIpc) is 3.39. The topological polar surface area (TPSA) is 111 Å². The molecule has 0 saturated carbocycles. The lowest BCUT2D eigenvalue weighted by atomic mass is 10.1. The molecule has 0 aliphatic heterocycles. The quantitative estimate of drug-likeness (QED) is 0.145. The van der Waals surface area contributed by atoms with Gasteiger partial charge in [0.05, 0.1) is 32.3 Å². The second kappa shape index (κ2) is 15.5. The number of nitro groups is 1. The van der Waals surface area contributed by atoms with E-state index >= 15 is 0 Å². The molecule has 0 spiro atoms. The number of thiophene rings is 1. The standard InChI is InChI=1S/C30H35N3O7S/c1-22-14-18-41-28(22)20-31(15-13-24-7-11-26(39-3)27(19-24)40-4)30(35)21-32(16-17-38-2)29(34)12-8-23-5-9-25(10-6-23)33(36)37/h5-12,14,18-19H,13,15-17,20-21H2,1-4H3. The maximum atomic E-state index is 13.6. The van der Waals surface area contributed by atoms with Crippen LogP contribution in [0, 0.1) is 17.0 Å². The maximum Gasteiger partial charge on any atom is 0.269 e. The van der Waals surface area contributed by atoms with Crippen molar-refractivity contribution in [1.29, 1.82) is 0 Å². The number of carbonyl (C=O) groups is 2. The van der Waals surface area contributed by atoms with Gasteiger partial charge in [-0.15, -0.1) is 11.3 Å². The molecule has 41 heavy (non-hydrogen) atoms. The first kappa shape index (κ1) is 31.3. The van der Waals surface area contributed by atoms with Crippen LogP contribution in [-0.4, -0.2) is 74.1 Å². The van der Waals surface area contributed by atoms with Gasteiger partial charge in [0.1, 0.15) is 6.54 Å². The van der Waals surface area contributed by atoms with Crippen LogP contribution in [0.4, 0.5) is 5.69 Å². The normalized spacial score (nSPS) is 10.9. The van der Waals surface area contributed by atoms with Crippen LogP contribution in [0.15, 0.2) is 60.0 Å². The molecular weight excluding hydrogens is 546 g/mol. The number of hydrogen-bond donors (Lipinski definition) is 0. The number of hydrogen-bond acceptors (Lipinski definition) is 8. The lowest BCUT2D eigenvalue weighted by Crippen LogP contribution is -2.44. The van der Waals surface area contributed by atoms with E-state index in [2.05, 4.69) is 0 Å². The minimum atomic E-state index is -0.481. The fourth-order valence-corrected chi connectivity index (χ4v) is 4.96. The smallest absolute Gasteiger partial charge is 0.269 e. The number of amides is 2. The van der Waals surface area contributed by atoms with Gasteiger partial charge in [-0.3, -0.25) is 19.7 Å². The Morgan fingerprint density at radius 2 is 1.71 bits per heavy atom. The summed E-state index contributed by atoms with van der Waals surface area (Å²) in [5, 5.41) is 12.9. The molecule has 0 aliphatic rings. The summed E-state index contributed by atoms with van der Waals surface area (Å²) in [4.78, 5) is 41.5. The molecule has 0 unspecified atom stereocenters. The number of nitro benzene ring substituents is 1. The van der Waals surface area contributed by atoms with Crippen molar-refractivity contribution in [2.45, 2.75) is 19.9 Å². The summed E-state index contributed by atoms with van der Waals surface area (Å²) >= 11 is 1.59. The van der Waals surface area contributed by atoms with Crippen LogP contribution in [0.2, 0.25) is 0 Å². The first-order valence-corrected chi connectivity index (χ1v) is 13.9. The van der Waals surface area contributed by atoms with Gasteiger partial charge < -0.3 is 24.0 Å². The Hall–Kier alpha value is -4.22. The SMILES string of the molecule is COCCN(CC(=O)N(CCc1ccc(OC)c(OC)c1)Cc1sccc1C)C(=O)C=Cc1ccc([N+](=O)[O-])cc1. The largest absolute Gasteiger partial charge is 0.493 e. The minimum absolute atomic E-state index is 0.0325. The van der Waals surface area contributed by atoms with Gasteiger partial charge in [-0.25, -0.2) is 0 Å². The average molecular weight is 582 g/mol. The lowest BCUT2D eigenvalue weighted by molar-refractivity contribution is -0.384. The van der Waals surface area contributed by atoms with Crippen molar-refractivity contribution >= 4 is 34.9 Å². The van der Waals surface area contributed by atoms with E-state index in [-0.39, 0.29) is 37.2 Å². The summed E-state index contributed by atoms with van der Waals surface area (Å²) in [6.07, 6.45) is 3.52. The molecule has 0 fully saturated rings. The second-order valence-corrected chi connectivity index (χ2v) is 10.2. The van der Waals surface area contributed by atoms with E-state index < -0.39 is 4.92 Å². The summed E-state index contributed by atoms with van der Waals surface area (Å²) < 4.78 is 15.9. The molecule has 1 heterocycles. The number of rotatable bonds is 15. The molecule has 2 amide bonds. The lowest BCUT2D eigenvalue weighted by Gasteiger charge is -2.27. The molecule has 0 N–H and O–H groups in total. The molecule has 0 radical (unpaired) electrons. The highest BCUT2D eigenvalue weighted by Gasteiger charge is 2.21. The van der Waals surface area contributed by atoms with Crippen LogP contribution in [0.25, 0.3) is 6.08 Å². The Morgan fingerprint density at radius 3 is 2.32 bits per heavy atom. The third kappa shape index (κ3) is 9.16. The molecule has 10 nitrogen and oxygen atoms in total. The first-order chi connectivity index (χ1) is 19.7. The zero-order valence-electron chi connectivity index (χ0n) is 23.7. The van der Waals surface area contributed by atoms with Crippen molar-refractivity contribution in [2.24, 2.45) is 0 Å². The van der Waals surface area contributed by atoms with E-state index in [1.54, 1.807) is 48.7 Å². The van der Waals surface area contributed by atoms with Gasteiger partial charge in [0.15, 0.2) is 11.5 Å². The summed E-state index contributed by atoms with van der Waals surface area (Å²) in [6.45, 7) is 3.26. The van der Waals surface area contributed by atoms with Gasteiger partial charge in [0.25, 0.3) is 5.69 Å². The summed E-state index contributed by atoms with van der Waals surface area (Å²) in [7, 11) is 4.70. The molecule has 0 saturated heterocycles. The van der Waals surface area contributed by atoms with Crippen LogP contribution in [-0.2, 0) is 27.3 Å². The Balaban J connectivity index is 1.76. The number of methoxy groups -OCH3 is 3.